The molecule has 0 unspecified atom stereocenters. The number of piperazine rings is 1. The summed E-state index contributed by atoms with van der Waals surface area (Å²) in [6.07, 6.45) is 11.8. The predicted molar refractivity (Wildman–Crippen MR) is 143 cm³/mol. The van der Waals surface area contributed by atoms with Crippen LogP contribution in [0.2, 0.25) is 0 Å². The number of nitrogens with zero attached hydrogens (tertiary/aromatic N) is 3. The Morgan fingerprint density at radius 2 is 1.97 bits per heavy atom. The van der Waals surface area contributed by atoms with Gasteiger partial charge in [-0.25, -0.2) is 23.1 Å². The Kier molecular flexibility index (Phi) is 9.77. The Labute approximate surface area is 211 Å². The van der Waals surface area contributed by atoms with Crippen LogP contribution in [-0.2, 0) is 10.0 Å². The van der Waals surface area contributed by atoms with Crippen LogP contribution in [0.5, 0.6) is 0 Å². The summed E-state index contributed by atoms with van der Waals surface area (Å²) < 4.78 is 28.1. The summed E-state index contributed by atoms with van der Waals surface area (Å²) in [5.74, 6) is 0.439. The summed E-state index contributed by atoms with van der Waals surface area (Å²) >= 11 is 0. The zero-order valence-electron chi connectivity index (χ0n) is 20.2. The number of aliphatic hydroxyl groups excluding tert-OH is 2. The lowest BCUT2D eigenvalue weighted by molar-refractivity contribution is 0.301. The van der Waals surface area contributed by atoms with Crippen LogP contribution < -0.4 is 20.3 Å². The maximum absolute atomic E-state index is 12.8. The van der Waals surface area contributed by atoms with Crippen molar-refractivity contribution < 1.29 is 18.6 Å². The number of benzene rings is 1. The molecule has 0 aliphatic carbocycles. The Bertz CT molecular complexity index is 1230. The average Bonchev–Trinajstić information content (AvgIpc) is 2.91. The second-order valence-electron chi connectivity index (χ2n) is 7.90. The smallest absolute Gasteiger partial charge is 0.242 e. The van der Waals surface area contributed by atoms with Gasteiger partial charge in [-0.2, -0.15) is 0 Å². The lowest BCUT2D eigenvalue weighted by Crippen LogP contribution is -2.44. The molecule has 192 valence electrons. The van der Waals surface area contributed by atoms with E-state index in [0.29, 0.717) is 30.4 Å². The Morgan fingerprint density at radius 1 is 1.25 bits per heavy atom. The van der Waals surface area contributed by atoms with Crippen molar-refractivity contribution in [3.8, 4) is 0 Å². The molecule has 1 aromatic heterocycles. The van der Waals surface area contributed by atoms with E-state index >= 15 is 0 Å². The number of allylic oxidation sites excluding steroid dienone is 5. The minimum atomic E-state index is -3.79. The molecule has 1 aliphatic rings. The van der Waals surface area contributed by atoms with Gasteiger partial charge >= 0.3 is 0 Å². The fourth-order valence-electron chi connectivity index (χ4n) is 3.50. The number of rotatable bonds is 11. The molecule has 0 spiro atoms. The summed E-state index contributed by atoms with van der Waals surface area (Å²) in [6.45, 7) is 7.87. The first-order valence-electron chi connectivity index (χ1n) is 11.5. The highest BCUT2D eigenvalue weighted by molar-refractivity contribution is 7.89. The van der Waals surface area contributed by atoms with Crippen LogP contribution in [0.1, 0.15) is 12.5 Å². The summed E-state index contributed by atoms with van der Waals surface area (Å²) in [7, 11) is -3.79. The van der Waals surface area contributed by atoms with Crippen molar-refractivity contribution in [2.45, 2.75) is 11.8 Å². The summed E-state index contributed by atoms with van der Waals surface area (Å²) in [5.41, 5.74) is 2.79. The van der Waals surface area contributed by atoms with Gasteiger partial charge in [0.2, 0.25) is 16.0 Å². The second kappa shape index (κ2) is 13.0. The molecule has 0 atom stereocenters. The molecule has 5 N–H and O–H groups in total. The van der Waals surface area contributed by atoms with Crippen LogP contribution in [0.3, 0.4) is 0 Å². The largest absolute Gasteiger partial charge is 0.508 e. The van der Waals surface area contributed by atoms with Crippen LogP contribution in [0.15, 0.2) is 77.7 Å². The first kappa shape index (κ1) is 27.1. The van der Waals surface area contributed by atoms with Gasteiger partial charge in [-0.05, 0) is 42.8 Å². The maximum Gasteiger partial charge on any atom is 0.242 e. The van der Waals surface area contributed by atoms with E-state index in [4.69, 9.17) is 5.11 Å². The Balaban J connectivity index is 1.81. The molecule has 11 heteroatoms. The molecule has 0 amide bonds. The molecular formula is C25H32N6O4S. The van der Waals surface area contributed by atoms with E-state index in [-0.39, 0.29) is 23.8 Å². The summed E-state index contributed by atoms with van der Waals surface area (Å²) in [4.78, 5) is 10.9. The molecule has 1 fully saturated rings. The van der Waals surface area contributed by atoms with Gasteiger partial charge in [-0.3, -0.25) is 0 Å². The molecule has 0 saturated carbocycles. The van der Waals surface area contributed by atoms with Gasteiger partial charge in [0, 0.05) is 56.4 Å². The van der Waals surface area contributed by atoms with Gasteiger partial charge in [-0.15, -0.1) is 0 Å². The Hall–Kier alpha value is -3.51. The van der Waals surface area contributed by atoms with E-state index in [1.54, 1.807) is 36.7 Å². The summed E-state index contributed by atoms with van der Waals surface area (Å²) in [5, 5.41) is 25.1. The van der Waals surface area contributed by atoms with Gasteiger partial charge in [0.25, 0.3) is 0 Å². The first-order valence-corrected chi connectivity index (χ1v) is 13.0. The standard InChI is InChI=1S/C25H32N6O4S/c1-3-19(15-22(33)4-2)5-6-20-17-27-25(28-18-20)30-21-7-8-24(36(34,35)29-11-14-32)23(16-21)31-12-9-26-10-13-31/h3-8,15-18,26,29,32-33H,2,9-14H2,1H3,(H,27,28,30)/b6-5+,19-3-,22-15+. The van der Waals surface area contributed by atoms with Crippen LogP contribution in [0, 0.1) is 0 Å². The summed E-state index contributed by atoms with van der Waals surface area (Å²) in [6, 6.07) is 4.97. The van der Waals surface area contributed by atoms with Crippen molar-refractivity contribution in [2.75, 3.05) is 49.5 Å². The van der Waals surface area contributed by atoms with E-state index in [1.165, 1.54) is 6.08 Å². The SMILES string of the molecule is C=C\C(O)=C/C(=C\C)/C=C/c1cnc(Nc2ccc(S(=O)(=O)NCCO)c(N3CCNCC3)c2)nc1. The third-order valence-corrected chi connectivity index (χ3v) is 6.87. The van der Waals surface area contributed by atoms with Gasteiger partial charge in [0.15, 0.2) is 0 Å². The van der Waals surface area contributed by atoms with Crippen LogP contribution in [0.4, 0.5) is 17.3 Å². The molecule has 0 radical (unpaired) electrons. The van der Waals surface area contributed by atoms with Gasteiger partial charge in [0.05, 0.1) is 12.3 Å². The minimum Gasteiger partial charge on any atom is -0.508 e. The number of hydrogen-bond donors (Lipinski definition) is 5. The second-order valence-corrected chi connectivity index (χ2v) is 9.64. The van der Waals surface area contributed by atoms with Crippen molar-refractivity contribution in [3.63, 3.8) is 0 Å². The molecule has 2 aromatic rings. The minimum absolute atomic E-state index is 0.0563. The third-order valence-electron chi connectivity index (χ3n) is 5.36. The van der Waals surface area contributed by atoms with Crippen LogP contribution >= 0.6 is 0 Å². The molecule has 3 rings (SSSR count). The van der Waals surface area contributed by atoms with Crippen molar-refractivity contribution in [2.24, 2.45) is 0 Å². The maximum atomic E-state index is 12.8. The fraction of sp³-hybridized carbons (Fsp3) is 0.280. The van der Waals surface area contributed by atoms with Crippen molar-refractivity contribution in [1.29, 1.82) is 0 Å². The first-order chi connectivity index (χ1) is 17.4. The zero-order chi connectivity index (χ0) is 26.0. The topological polar surface area (TPSA) is 140 Å². The van der Waals surface area contributed by atoms with Crippen molar-refractivity contribution in [1.82, 2.24) is 20.0 Å². The average molecular weight is 513 g/mol. The highest BCUT2D eigenvalue weighted by Gasteiger charge is 2.23. The number of sulfonamides is 1. The quantitative estimate of drug-likeness (QED) is 0.227. The lowest BCUT2D eigenvalue weighted by atomic mass is 10.2. The van der Waals surface area contributed by atoms with Gasteiger partial charge < -0.3 is 25.7 Å². The number of aliphatic hydroxyl groups is 2. The predicted octanol–water partition coefficient (Wildman–Crippen LogP) is 2.49. The van der Waals surface area contributed by atoms with Gasteiger partial charge in [-0.1, -0.05) is 24.8 Å². The van der Waals surface area contributed by atoms with E-state index in [9.17, 15) is 13.5 Å². The van der Waals surface area contributed by atoms with Gasteiger partial charge in [0.1, 0.15) is 10.7 Å². The molecule has 2 heterocycles. The van der Waals surface area contributed by atoms with E-state index in [2.05, 4.69) is 31.9 Å². The number of aromatic nitrogens is 2. The van der Waals surface area contributed by atoms with Crippen LogP contribution in [-0.4, -0.2) is 67.9 Å². The fourth-order valence-corrected chi connectivity index (χ4v) is 4.73. The van der Waals surface area contributed by atoms with E-state index < -0.39 is 10.0 Å². The number of anilines is 3. The normalized spacial score (nSPS) is 15.3. The molecule has 1 aromatic carbocycles. The number of nitrogens with one attached hydrogen (secondary N) is 3. The van der Waals surface area contributed by atoms with Crippen molar-refractivity contribution >= 4 is 33.4 Å². The van der Waals surface area contributed by atoms with E-state index in [1.807, 2.05) is 30.1 Å². The Morgan fingerprint density at radius 3 is 2.61 bits per heavy atom. The molecule has 1 aliphatic heterocycles. The molecule has 36 heavy (non-hydrogen) atoms. The molecular weight excluding hydrogens is 480 g/mol. The lowest BCUT2D eigenvalue weighted by Gasteiger charge is -2.31. The molecule has 1 saturated heterocycles. The highest BCUT2D eigenvalue weighted by atomic mass is 32.2. The highest BCUT2D eigenvalue weighted by Crippen LogP contribution is 2.30. The number of hydrogen-bond acceptors (Lipinski definition) is 9. The zero-order valence-corrected chi connectivity index (χ0v) is 21.0. The molecule has 10 nitrogen and oxygen atoms in total. The monoisotopic (exact) mass is 512 g/mol. The van der Waals surface area contributed by atoms with E-state index in [0.717, 1.165) is 24.2 Å². The van der Waals surface area contributed by atoms with Crippen LogP contribution in [0.25, 0.3) is 6.08 Å². The third kappa shape index (κ3) is 7.49. The van der Waals surface area contributed by atoms with Crippen molar-refractivity contribution in [3.05, 3.63) is 78.4 Å². The molecule has 0 bridgehead atoms.